The van der Waals surface area contributed by atoms with Crippen molar-refractivity contribution in [3.63, 3.8) is 0 Å². The maximum atomic E-state index is 13.4. The lowest BCUT2D eigenvalue weighted by Crippen LogP contribution is -2.15. The number of ether oxygens (including phenoxy) is 1. The fourth-order valence-corrected chi connectivity index (χ4v) is 4.82. The summed E-state index contributed by atoms with van der Waals surface area (Å²) in [4.78, 5) is 26.8. The standard InChI is InChI=1S/C24H18ClFN2O4S/c1-12-18(21(28-32-12)16-6-4-5-7-17(16)25)22(29)27-23-20(24(30)31-3)19(13(2)33-23)14-8-10-15(26)11-9-14/h4-11H,1-3H3,(H,27,29). The lowest BCUT2D eigenvalue weighted by atomic mass is 10.0. The van der Waals surface area contributed by atoms with Crippen LogP contribution >= 0.6 is 22.9 Å². The zero-order valence-corrected chi connectivity index (χ0v) is 19.4. The first-order valence-corrected chi connectivity index (χ1v) is 11.0. The number of hydrogen-bond acceptors (Lipinski definition) is 6. The highest BCUT2D eigenvalue weighted by molar-refractivity contribution is 7.17. The monoisotopic (exact) mass is 484 g/mol. The number of halogens is 2. The fraction of sp³-hybridized carbons (Fsp3) is 0.125. The van der Waals surface area contributed by atoms with Gasteiger partial charge in [-0.3, -0.25) is 4.79 Å². The molecule has 0 aliphatic rings. The van der Waals surface area contributed by atoms with E-state index in [1.165, 1.54) is 30.6 Å². The molecule has 4 aromatic rings. The van der Waals surface area contributed by atoms with Crippen molar-refractivity contribution in [2.45, 2.75) is 13.8 Å². The van der Waals surface area contributed by atoms with Crippen molar-refractivity contribution in [2.24, 2.45) is 0 Å². The maximum Gasteiger partial charge on any atom is 0.341 e. The molecular weight excluding hydrogens is 467 g/mol. The van der Waals surface area contributed by atoms with Crippen molar-refractivity contribution in [1.29, 1.82) is 0 Å². The van der Waals surface area contributed by atoms with Crippen LogP contribution in [0.3, 0.4) is 0 Å². The minimum atomic E-state index is -0.623. The normalized spacial score (nSPS) is 10.8. The molecule has 1 N–H and O–H groups in total. The van der Waals surface area contributed by atoms with Crippen LogP contribution in [-0.4, -0.2) is 24.1 Å². The molecule has 0 bridgehead atoms. The van der Waals surface area contributed by atoms with Crippen LogP contribution in [0.5, 0.6) is 0 Å². The van der Waals surface area contributed by atoms with Crippen LogP contribution in [0.2, 0.25) is 5.02 Å². The molecule has 0 spiro atoms. The molecule has 0 unspecified atom stereocenters. The van der Waals surface area contributed by atoms with Gasteiger partial charge in [-0.1, -0.05) is 47.1 Å². The Hall–Kier alpha value is -3.49. The van der Waals surface area contributed by atoms with Gasteiger partial charge in [0.1, 0.15) is 33.4 Å². The minimum absolute atomic E-state index is 0.188. The van der Waals surface area contributed by atoms with E-state index in [0.29, 0.717) is 38.2 Å². The van der Waals surface area contributed by atoms with E-state index in [2.05, 4.69) is 10.5 Å². The van der Waals surface area contributed by atoms with Gasteiger partial charge in [-0.2, -0.15) is 0 Å². The van der Waals surface area contributed by atoms with Gasteiger partial charge in [0.25, 0.3) is 5.91 Å². The van der Waals surface area contributed by atoms with Gasteiger partial charge in [-0.05, 0) is 37.6 Å². The lowest BCUT2D eigenvalue weighted by Gasteiger charge is -2.09. The number of aryl methyl sites for hydroxylation is 2. The summed E-state index contributed by atoms with van der Waals surface area (Å²) in [7, 11) is 1.26. The highest BCUT2D eigenvalue weighted by Crippen LogP contribution is 2.41. The number of carbonyl (C=O) groups excluding carboxylic acids is 2. The Balaban J connectivity index is 1.78. The van der Waals surface area contributed by atoms with Crippen LogP contribution in [0, 0.1) is 19.7 Å². The Morgan fingerprint density at radius 3 is 2.45 bits per heavy atom. The minimum Gasteiger partial charge on any atom is -0.465 e. The number of benzene rings is 2. The van der Waals surface area contributed by atoms with E-state index in [0.717, 1.165) is 4.88 Å². The quantitative estimate of drug-likeness (QED) is 0.326. The number of nitrogens with one attached hydrogen (secondary N) is 1. The van der Waals surface area contributed by atoms with Crippen molar-refractivity contribution in [2.75, 3.05) is 12.4 Å². The number of esters is 1. The molecule has 1 amide bonds. The second-order valence-corrected chi connectivity index (χ2v) is 8.76. The Labute approximate surface area is 197 Å². The van der Waals surface area contributed by atoms with Crippen LogP contribution in [0.25, 0.3) is 22.4 Å². The number of thiophene rings is 1. The van der Waals surface area contributed by atoms with Crippen LogP contribution in [0.1, 0.15) is 31.4 Å². The van der Waals surface area contributed by atoms with E-state index >= 15 is 0 Å². The van der Waals surface area contributed by atoms with E-state index in [9.17, 15) is 14.0 Å². The summed E-state index contributed by atoms with van der Waals surface area (Å²) in [6, 6.07) is 12.7. The molecule has 0 saturated heterocycles. The summed E-state index contributed by atoms with van der Waals surface area (Å²) in [5, 5.41) is 7.54. The third-order valence-corrected chi connectivity index (χ3v) is 6.40. The van der Waals surface area contributed by atoms with Gasteiger partial charge in [-0.15, -0.1) is 11.3 Å². The predicted octanol–water partition coefficient (Wildman–Crippen LogP) is 6.52. The number of hydrogen-bond donors (Lipinski definition) is 1. The smallest absolute Gasteiger partial charge is 0.341 e. The number of carbonyl (C=O) groups is 2. The Bertz CT molecular complexity index is 1360. The van der Waals surface area contributed by atoms with Gasteiger partial charge in [0, 0.05) is 16.0 Å². The summed E-state index contributed by atoms with van der Waals surface area (Å²) < 4.78 is 23.7. The van der Waals surface area contributed by atoms with Crippen molar-refractivity contribution >= 4 is 39.8 Å². The molecule has 2 aromatic heterocycles. The van der Waals surface area contributed by atoms with Gasteiger partial charge < -0.3 is 14.6 Å². The Morgan fingerprint density at radius 1 is 1.09 bits per heavy atom. The molecular formula is C24H18ClFN2O4S. The molecule has 6 nitrogen and oxygen atoms in total. The lowest BCUT2D eigenvalue weighted by molar-refractivity contribution is 0.0603. The average molecular weight is 485 g/mol. The molecule has 0 atom stereocenters. The number of methoxy groups -OCH3 is 1. The molecule has 168 valence electrons. The Kier molecular flexibility index (Phi) is 6.31. The van der Waals surface area contributed by atoms with Crippen LogP contribution in [0.4, 0.5) is 9.39 Å². The third-order valence-electron chi connectivity index (χ3n) is 5.05. The first-order valence-electron chi connectivity index (χ1n) is 9.82. The zero-order chi connectivity index (χ0) is 23.7. The van der Waals surface area contributed by atoms with E-state index in [-0.39, 0.29) is 11.1 Å². The highest BCUT2D eigenvalue weighted by atomic mass is 35.5. The molecule has 9 heteroatoms. The second kappa shape index (κ2) is 9.17. The van der Waals surface area contributed by atoms with Gasteiger partial charge >= 0.3 is 5.97 Å². The summed E-state index contributed by atoms with van der Waals surface area (Å²) in [5.74, 6) is -1.23. The summed E-state index contributed by atoms with van der Waals surface area (Å²) >= 11 is 7.51. The number of anilines is 1. The summed E-state index contributed by atoms with van der Waals surface area (Å²) in [5.41, 5.74) is 2.42. The van der Waals surface area contributed by atoms with E-state index < -0.39 is 17.7 Å². The average Bonchev–Trinajstić information content (AvgIpc) is 3.33. The van der Waals surface area contributed by atoms with Crippen molar-refractivity contribution in [1.82, 2.24) is 5.16 Å². The number of rotatable bonds is 5. The van der Waals surface area contributed by atoms with E-state index in [1.807, 2.05) is 6.92 Å². The molecule has 0 aliphatic heterocycles. The van der Waals surface area contributed by atoms with E-state index in [1.54, 1.807) is 43.3 Å². The molecule has 0 saturated carbocycles. The van der Waals surface area contributed by atoms with Gasteiger partial charge in [-0.25, -0.2) is 9.18 Å². The zero-order valence-electron chi connectivity index (χ0n) is 17.9. The van der Waals surface area contributed by atoms with Crippen molar-refractivity contribution < 1.29 is 23.2 Å². The van der Waals surface area contributed by atoms with Crippen LogP contribution < -0.4 is 5.32 Å². The first kappa shape index (κ1) is 22.7. The molecule has 33 heavy (non-hydrogen) atoms. The molecule has 0 aliphatic carbocycles. The predicted molar refractivity (Wildman–Crippen MR) is 125 cm³/mol. The first-order chi connectivity index (χ1) is 15.8. The summed E-state index contributed by atoms with van der Waals surface area (Å²) in [6.07, 6.45) is 0. The number of aromatic nitrogens is 1. The SMILES string of the molecule is COC(=O)c1c(NC(=O)c2c(-c3ccccc3Cl)noc2C)sc(C)c1-c1ccc(F)cc1. The van der Waals surface area contributed by atoms with E-state index in [4.69, 9.17) is 20.9 Å². The van der Waals surface area contributed by atoms with Crippen molar-refractivity contribution in [3.05, 3.63) is 81.1 Å². The fourth-order valence-electron chi connectivity index (χ4n) is 3.54. The Morgan fingerprint density at radius 2 is 1.79 bits per heavy atom. The molecule has 0 fully saturated rings. The maximum absolute atomic E-state index is 13.4. The topological polar surface area (TPSA) is 81.4 Å². The third kappa shape index (κ3) is 4.27. The van der Waals surface area contributed by atoms with Crippen molar-refractivity contribution in [3.8, 4) is 22.4 Å². The van der Waals surface area contributed by atoms with Gasteiger partial charge in [0.2, 0.25) is 0 Å². The van der Waals surface area contributed by atoms with Crippen LogP contribution in [0.15, 0.2) is 53.1 Å². The summed E-state index contributed by atoms with van der Waals surface area (Å²) in [6.45, 7) is 3.43. The number of nitrogens with zero attached hydrogens (tertiary/aromatic N) is 1. The van der Waals surface area contributed by atoms with Gasteiger partial charge in [0.15, 0.2) is 0 Å². The molecule has 2 aromatic carbocycles. The highest BCUT2D eigenvalue weighted by Gasteiger charge is 2.28. The molecule has 4 rings (SSSR count). The molecule has 0 radical (unpaired) electrons. The number of amides is 1. The second-order valence-electron chi connectivity index (χ2n) is 7.13. The largest absolute Gasteiger partial charge is 0.465 e. The molecule has 2 heterocycles. The van der Waals surface area contributed by atoms with Crippen LogP contribution in [-0.2, 0) is 4.74 Å². The van der Waals surface area contributed by atoms with Gasteiger partial charge in [0.05, 0.1) is 12.1 Å².